The van der Waals surface area contributed by atoms with Crippen LogP contribution >= 0.6 is 12.3 Å². The van der Waals surface area contributed by atoms with Crippen LogP contribution in [0, 0.1) is 17.3 Å². The summed E-state index contributed by atoms with van der Waals surface area (Å²) < 4.78 is 55.7. The van der Waals surface area contributed by atoms with Gasteiger partial charge in [0.05, 0.1) is 12.0 Å². The first kappa shape index (κ1) is 20.0. The Hall–Kier alpha value is -2.02. The lowest BCUT2D eigenvalue weighted by Gasteiger charge is -2.18. The van der Waals surface area contributed by atoms with Crippen LogP contribution in [0.3, 0.4) is 0 Å². The minimum absolute atomic E-state index is 0.0171. The van der Waals surface area contributed by atoms with Gasteiger partial charge in [-0.1, -0.05) is 5.92 Å². The van der Waals surface area contributed by atoms with E-state index in [-0.39, 0.29) is 17.1 Å². The van der Waals surface area contributed by atoms with Gasteiger partial charge >= 0.3 is 12.1 Å². The quantitative estimate of drug-likeness (QED) is 0.466. The molecule has 0 bridgehead atoms. The van der Waals surface area contributed by atoms with Gasteiger partial charge in [-0.15, -0.1) is 13.1 Å². The van der Waals surface area contributed by atoms with Crippen molar-refractivity contribution in [2.45, 2.75) is 33.4 Å². The molecule has 0 amide bonds. The molecular formula is C14H14F4N2O3S. The summed E-state index contributed by atoms with van der Waals surface area (Å²) in [5.74, 6) is 4.30. The molecule has 5 nitrogen and oxygen atoms in total. The van der Waals surface area contributed by atoms with Crippen LogP contribution in [0.25, 0.3) is 0 Å². The van der Waals surface area contributed by atoms with Crippen molar-refractivity contribution < 1.29 is 26.6 Å². The normalized spacial score (nSPS) is 11.6. The number of carbonyl (C=O) groups excluding carboxylic acids is 1. The summed E-state index contributed by atoms with van der Waals surface area (Å²) >= 11 is -0.758. The minimum Gasteiger partial charge on any atom is -0.466 e. The van der Waals surface area contributed by atoms with Crippen LogP contribution in [0.2, 0.25) is 0 Å². The maximum Gasteiger partial charge on any atom is 0.421 e. The van der Waals surface area contributed by atoms with E-state index in [0.29, 0.717) is 6.07 Å². The number of nitrogens with zero attached hydrogens (tertiary/aromatic N) is 2. The number of esters is 1. The fourth-order valence-electron chi connectivity index (χ4n) is 1.54. The van der Waals surface area contributed by atoms with E-state index in [9.17, 15) is 26.6 Å². The maximum atomic E-state index is 12.8. The van der Waals surface area contributed by atoms with E-state index in [0.717, 1.165) is 0 Å². The van der Waals surface area contributed by atoms with Gasteiger partial charge in [-0.3, -0.25) is 9.59 Å². The Morgan fingerprint density at radius 2 is 2.04 bits per heavy atom. The fraction of sp³-hybridized carbons (Fsp3) is 0.500. The number of alkyl halides is 3. The Morgan fingerprint density at radius 3 is 2.54 bits per heavy atom. The van der Waals surface area contributed by atoms with Crippen molar-refractivity contribution in [2.24, 2.45) is 5.41 Å². The summed E-state index contributed by atoms with van der Waals surface area (Å²) in [5, 5.41) is 3.37. The average molecular weight is 366 g/mol. The topological polar surface area (TPSA) is 61.2 Å². The molecule has 0 aromatic carbocycles. The lowest BCUT2D eigenvalue weighted by atomic mass is 9.90. The van der Waals surface area contributed by atoms with Crippen LogP contribution in [0.5, 0.6) is 0 Å². The molecule has 0 aliphatic rings. The van der Waals surface area contributed by atoms with Crippen LogP contribution < -0.4 is 5.56 Å². The van der Waals surface area contributed by atoms with Crippen molar-refractivity contribution in [1.29, 1.82) is 0 Å². The average Bonchev–Trinajstić information content (AvgIpc) is 2.47. The largest absolute Gasteiger partial charge is 0.466 e. The number of ether oxygens (including phenoxy) is 1. The summed E-state index contributed by atoms with van der Waals surface area (Å²) in [5.41, 5.74) is -4.60. The minimum atomic E-state index is -4.96. The van der Waals surface area contributed by atoms with E-state index in [1.807, 2.05) is 0 Å². The number of rotatable bonds is 4. The second-order valence-electron chi connectivity index (χ2n) is 5.27. The molecule has 0 saturated heterocycles. The molecule has 132 valence electrons. The van der Waals surface area contributed by atoms with Gasteiger partial charge in [-0.2, -0.15) is 13.2 Å². The third-order valence-electron chi connectivity index (χ3n) is 2.83. The third kappa shape index (κ3) is 4.99. The molecule has 1 aromatic rings. The molecule has 1 rings (SSSR count). The van der Waals surface area contributed by atoms with E-state index in [2.05, 4.69) is 16.9 Å². The third-order valence-corrected chi connectivity index (χ3v) is 3.21. The molecule has 1 heterocycles. The summed E-state index contributed by atoms with van der Waals surface area (Å²) in [7, 11) is 0. The zero-order chi connectivity index (χ0) is 18.5. The molecule has 0 saturated carbocycles. The Labute approximate surface area is 139 Å². The number of hydrogen-bond donors (Lipinski definition) is 0. The SMILES string of the molecule is CCOC(=O)C(C)(C)CC#Cc1cc(C(F)(F)F)c(=O)n(SF)n1. The van der Waals surface area contributed by atoms with E-state index in [4.69, 9.17) is 4.74 Å². The molecule has 0 unspecified atom stereocenters. The van der Waals surface area contributed by atoms with Crippen LogP contribution in [0.15, 0.2) is 10.9 Å². The van der Waals surface area contributed by atoms with Crippen molar-refractivity contribution in [1.82, 2.24) is 9.19 Å². The Kier molecular flexibility index (Phi) is 6.42. The van der Waals surface area contributed by atoms with E-state index < -0.39 is 46.7 Å². The van der Waals surface area contributed by atoms with Crippen molar-refractivity contribution in [3.8, 4) is 11.8 Å². The molecule has 0 aliphatic carbocycles. The van der Waals surface area contributed by atoms with Gasteiger partial charge in [0.2, 0.25) is 0 Å². The van der Waals surface area contributed by atoms with Crippen molar-refractivity contribution in [3.05, 3.63) is 27.7 Å². The van der Waals surface area contributed by atoms with Gasteiger partial charge < -0.3 is 4.74 Å². The monoisotopic (exact) mass is 366 g/mol. The highest BCUT2D eigenvalue weighted by Gasteiger charge is 2.35. The molecule has 0 radical (unpaired) electrons. The van der Waals surface area contributed by atoms with Crippen molar-refractivity contribution in [3.63, 3.8) is 0 Å². The number of carbonyl (C=O) groups is 1. The second-order valence-corrected chi connectivity index (χ2v) is 5.75. The smallest absolute Gasteiger partial charge is 0.421 e. The molecule has 24 heavy (non-hydrogen) atoms. The molecular weight excluding hydrogens is 352 g/mol. The molecule has 1 aromatic heterocycles. The predicted molar refractivity (Wildman–Crippen MR) is 79.5 cm³/mol. The number of aromatic nitrogens is 2. The zero-order valence-corrected chi connectivity index (χ0v) is 13.8. The van der Waals surface area contributed by atoms with E-state index >= 15 is 0 Å². The summed E-state index contributed by atoms with van der Waals surface area (Å²) in [6.07, 6.45) is -4.98. The van der Waals surface area contributed by atoms with Gasteiger partial charge in [0.25, 0.3) is 5.56 Å². The predicted octanol–water partition coefficient (Wildman–Crippen LogP) is 2.97. The van der Waals surface area contributed by atoms with E-state index in [1.54, 1.807) is 20.8 Å². The van der Waals surface area contributed by atoms with Crippen molar-refractivity contribution >= 4 is 18.3 Å². The summed E-state index contributed by atoms with van der Waals surface area (Å²) in [6, 6.07) is 0.444. The van der Waals surface area contributed by atoms with Crippen molar-refractivity contribution in [2.75, 3.05) is 6.61 Å². The second kappa shape index (κ2) is 7.70. The molecule has 0 aliphatic heterocycles. The number of halogens is 4. The Bertz CT molecular complexity index is 732. The van der Waals surface area contributed by atoms with Gasteiger partial charge in [0.1, 0.15) is 11.3 Å². The van der Waals surface area contributed by atoms with Crippen LogP contribution in [0.1, 0.15) is 38.4 Å². The molecule has 0 N–H and O–H groups in total. The van der Waals surface area contributed by atoms with Gasteiger partial charge in [-0.25, -0.2) is 0 Å². The van der Waals surface area contributed by atoms with Gasteiger partial charge in [0.15, 0.2) is 12.3 Å². The maximum absolute atomic E-state index is 12.8. The van der Waals surface area contributed by atoms with Gasteiger partial charge in [-0.05, 0) is 32.8 Å². The van der Waals surface area contributed by atoms with Crippen LogP contribution in [-0.2, 0) is 15.7 Å². The molecule has 0 spiro atoms. The van der Waals surface area contributed by atoms with E-state index in [1.165, 1.54) is 0 Å². The molecule has 10 heteroatoms. The summed E-state index contributed by atoms with van der Waals surface area (Å²) in [6.45, 7) is 4.95. The molecule has 0 atom stereocenters. The summed E-state index contributed by atoms with van der Waals surface area (Å²) in [4.78, 5) is 23.1. The number of hydrogen-bond acceptors (Lipinski definition) is 5. The Balaban J connectivity index is 3.14. The Morgan fingerprint density at radius 1 is 1.42 bits per heavy atom. The van der Waals surface area contributed by atoms with Crippen LogP contribution in [-0.4, -0.2) is 21.8 Å². The highest BCUT2D eigenvalue weighted by atomic mass is 32.2. The highest BCUT2D eigenvalue weighted by molar-refractivity contribution is 7.92. The van der Waals surface area contributed by atoms with Crippen LogP contribution in [0.4, 0.5) is 17.1 Å². The zero-order valence-electron chi connectivity index (χ0n) is 13.0. The lowest BCUT2D eigenvalue weighted by molar-refractivity contribution is -0.153. The first-order valence-electron chi connectivity index (χ1n) is 6.69. The van der Waals surface area contributed by atoms with Gasteiger partial charge in [0, 0.05) is 6.42 Å². The highest BCUT2D eigenvalue weighted by Crippen LogP contribution is 2.27. The first-order valence-corrected chi connectivity index (χ1v) is 7.37. The fourth-order valence-corrected chi connectivity index (χ4v) is 1.82. The first-order chi connectivity index (χ1) is 11.0. The standard InChI is InChI=1S/C14H14F4N2O3S/c1-4-23-12(22)13(2,3)7-5-6-9-8-10(14(15,16)17)11(21)20(19-9)24-18/h8H,4,7H2,1-3H3. The molecule has 0 fully saturated rings. The lowest BCUT2D eigenvalue weighted by Crippen LogP contribution is -2.28.